The molecule has 2 amide bonds. The first-order valence-electron chi connectivity index (χ1n) is 12.7. The predicted octanol–water partition coefficient (Wildman–Crippen LogP) is 1.42. The molecule has 184 valence electrons. The van der Waals surface area contributed by atoms with Crippen LogP contribution < -0.4 is 9.73 Å². The number of nitrogens with zero attached hydrogens (tertiary/aromatic N) is 2. The maximum absolute atomic E-state index is 13.0. The van der Waals surface area contributed by atoms with Crippen LogP contribution in [-0.2, 0) is 16.1 Å². The van der Waals surface area contributed by atoms with Gasteiger partial charge in [0.05, 0.1) is 12.5 Å². The fourth-order valence-corrected chi connectivity index (χ4v) is 6.12. The van der Waals surface area contributed by atoms with Crippen molar-refractivity contribution in [3.05, 3.63) is 29.3 Å². The number of aliphatic hydroxyl groups is 1. The average Bonchev–Trinajstić information content (AvgIpc) is 3.37. The fourth-order valence-electron chi connectivity index (χ4n) is 6.12. The highest BCUT2D eigenvalue weighted by Gasteiger charge is 2.41. The molecule has 5 rings (SSSR count). The fraction of sp³-hybridized carbons (Fsp3) is 0.654. The Morgan fingerprint density at radius 1 is 1.21 bits per heavy atom. The van der Waals surface area contributed by atoms with Crippen LogP contribution in [0.1, 0.15) is 67.8 Å². The van der Waals surface area contributed by atoms with Crippen LogP contribution in [0, 0.1) is 5.92 Å². The summed E-state index contributed by atoms with van der Waals surface area (Å²) in [7, 11) is 1.80. The van der Waals surface area contributed by atoms with Gasteiger partial charge >= 0.3 is 11.8 Å². The minimum atomic E-state index is -0.483. The molecule has 0 radical (unpaired) electrons. The highest BCUT2D eigenvalue weighted by Crippen LogP contribution is 2.35. The van der Waals surface area contributed by atoms with E-state index in [0.717, 1.165) is 56.5 Å². The zero-order valence-corrected chi connectivity index (χ0v) is 20.2. The molecule has 2 N–H and O–H groups in total. The lowest BCUT2D eigenvalue weighted by molar-refractivity contribution is -0.394. The summed E-state index contributed by atoms with van der Waals surface area (Å²) in [5.41, 5.74) is 1.56. The van der Waals surface area contributed by atoms with Crippen LogP contribution in [0.15, 0.2) is 18.2 Å². The number of nitrogens with one attached hydrogen (secondary N) is 1. The van der Waals surface area contributed by atoms with E-state index in [1.807, 2.05) is 18.2 Å². The van der Waals surface area contributed by atoms with Gasteiger partial charge in [0.2, 0.25) is 0 Å². The van der Waals surface area contributed by atoms with E-state index >= 15 is 0 Å². The molecule has 1 unspecified atom stereocenters. The van der Waals surface area contributed by atoms with Crippen LogP contribution in [0.25, 0.3) is 0 Å². The van der Waals surface area contributed by atoms with Crippen molar-refractivity contribution in [3.8, 4) is 5.75 Å². The molecule has 1 aromatic carbocycles. The minimum Gasteiger partial charge on any atom is -0.489 e. The number of fused-ring (bicyclic) bond motifs is 1. The van der Waals surface area contributed by atoms with E-state index in [9.17, 15) is 14.7 Å². The standard InChI is InChI=1S/C26H35N3O5/c1-3-28(14-16-11-19(12-16)33-2)21-5-4-6-23(21)34-18-7-8-20-17(13-18)15-29(26(20)32)22-9-10-24(30)27-25(22)31/h7-8,13,16,19,21-23H,3-6,9-12,14-15H2,1-2H3,(H,27,30,31)/p+1/t16?,19?,21-,22?,23-/m1/s1. The zero-order valence-electron chi connectivity index (χ0n) is 20.2. The first-order valence-corrected chi connectivity index (χ1v) is 12.7. The molecule has 0 aromatic heterocycles. The molecule has 2 heterocycles. The van der Waals surface area contributed by atoms with Gasteiger partial charge in [0.15, 0.2) is 6.04 Å². The first kappa shape index (κ1) is 23.3. The number of ether oxygens (including phenoxy) is 2. The summed E-state index contributed by atoms with van der Waals surface area (Å²) in [6.45, 7) is 4.77. The first-order chi connectivity index (χ1) is 16.5. The van der Waals surface area contributed by atoms with Crippen molar-refractivity contribution in [2.75, 3.05) is 20.2 Å². The van der Waals surface area contributed by atoms with Crippen molar-refractivity contribution >= 4 is 17.7 Å². The monoisotopic (exact) mass is 470 g/mol. The molecule has 2 aliphatic heterocycles. The SMILES string of the molecule is CCN(CC1CC(OC)C1)[C@@H]1CCC[C@H]1Oc1ccc2c(c1)CN(C1CCC(=O)[NH+]=C1O)C2=O. The lowest BCUT2D eigenvalue weighted by Gasteiger charge is -2.40. The van der Waals surface area contributed by atoms with Crippen molar-refractivity contribution in [2.24, 2.45) is 5.92 Å². The van der Waals surface area contributed by atoms with Gasteiger partial charge in [-0.05, 0) is 74.8 Å². The van der Waals surface area contributed by atoms with Crippen molar-refractivity contribution in [3.63, 3.8) is 0 Å². The third-order valence-electron chi connectivity index (χ3n) is 8.11. The number of carbonyl (C=O) groups excluding carboxylic acids is 2. The van der Waals surface area contributed by atoms with Crippen molar-refractivity contribution in [1.82, 2.24) is 9.80 Å². The van der Waals surface area contributed by atoms with E-state index in [0.29, 0.717) is 43.0 Å². The molecule has 0 spiro atoms. The molecule has 2 saturated carbocycles. The lowest BCUT2D eigenvalue weighted by Crippen LogP contribution is -2.82. The number of hydrogen-bond acceptors (Lipinski definition) is 5. The van der Waals surface area contributed by atoms with Crippen LogP contribution >= 0.6 is 0 Å². The summed E-state index contributed by atoms with van der Waals surface area (Å²) in [5.74, 6) is 1.05. The molecule has 0 saturated heterocycles. The largest absolute Gasteiger partial charge is 0.489 e. The Hall–Kier alpha value is -2.45. The molecular weight excluding hydrogens is 434 g/mol. The quantitative estimate of drug-likeness (QED) is 0.597. The van der Waals surface area contributed by atoms with Gasteiger partial charge in [0, 0.05) is 31.8 Å². The number of methoxy groups -OCH3 is 1. The molecule has 8 nitrogen and oxygen atoms in total. The van der Waals surface area contributed by atoms with Crippen molar-refractivity contribution in [2.45, 2.75) is 82.7 Å². The number of amides is 2. The van der Waals surface area contributed by atoms with Gasteiger partial charge < -0.3 is 19.5 Å². The number of hydrogen-bond donors (Lipinski definition) is 2. The van der Waals surface area contributed by atoms with Gasteiger partial charge in [-0.15, -0.1) is 4.99 Å². The number of rotatable bonds is 8. The summed E-state index contributed by atoms with van der Waals surface area (Å²) in [4.78, 5) is 31.2. The Labute approximate surface area is 200 Å². The molecule has 1 aromatic rings. The molecule has 2 aliphatic carbocycles. The summed E-state index contributed by atoms with van der Waals surface area (Å²) in [6.07, 6.45) is 6.97. The second-order valence-electron chi connectivity index (χ2n) is 10.2. The van der Waals surface area contributed by atoms with Gasteiger partial charge in [-0.25, -0.2) is 4.79 Å². The normalized spacial score (nSPS) is 31.0. The Balaban J connectivity index is 1.24. The van der Waals surface area contributed by atoms with Crippen molar-refractivity contribution < 1.29 is 29.2 Å². The Bertz CT molecular complexity index is 973. The maximum atomic E-state index is 13.0. The van der Waals surface area contributed by atoms with Gasteiger partial charge in [0.25, 0.3) is 5.91 Å². The van der Waals surface area contributed by atoms with E-state index in [1.54, 1.807) is 12.0 Å². The summed E-state index contributed by atoms with van der Waals surface area (Å²) in [6, 6.07) is 5.64. The highest BCUT2D eigenvalue weighted by molar-refractivity contribution is 6.01. The molecular formula is C26H36N3O5+. The molecule has 34 heavy (non-hydrogen) atoms. The van der Waals surface area contributed by atoms with Gasteiger partial charge in [0.1, 0.15) is 11.9 Å². The molecule has 4 aliphatic rings. The van der Waals surface area contributed by atoms with Crippen LogP contribution in [-0.4, -0.2) is 77.1 Å². The van der Waals surface area contributed by atoms with E-state index in [4.69, 9.17) is 9.47 Å². The zero-order chi connectivity index (χ0) is 23.8. The van der Waals surface area contributed by atoms with Crippen LogP contribution in [0.3, 0.4) is 0 Å². The molecule has 2 fully saturated rings. The third-order valence-corrected chi connectivity index (χ3v) is 8.11. The molecule has 0 bridgehead atoms. The summed E-state index contributed by atoms with van der Waals surface area (Å²) >= 11 is 0. The number of benzene rings is 1. The van der Waals surface area contributed by atoms with Gasteiger partial charge in [-0.3, -0.25) is 9.69 Å². The van der Waals surface area contributed by atoms with E-state index < -0.39 is 6.04 Å². The van der Waals surface area contributed by atoms with Gasteiger partial charge in [-0.2, -0.15) is 0 Å². The van der Waals surface area contributed by atoms with Crippen LogP contribution in [0.2, 0.25) is 0 Å². The average molecular weight is 471 g/mol. The van der Waals surface area contributed by atoms with E-state index in [1.165, 1.54) is 0 Å². The lowest BCUT2D eigenvalue weighted by atomic mass is 9.81. The Morgan fingerprint density at radius 3 is 2.76 bits per heavy atom. The van der Waals surface area contributed by atoms with E-state index in [-0.39, 0.29) is 23.8 Å². The Morgan fingerprint density at radius 2 is 2.03 bits per heavy atom. The Kier molecular flexibility index (Phi) is 6.62. The summed E-state index contributed by atoms with van der Waals surface area (Å²) in [5, 5.41) is 10.2. The van der Waals surface area contributed by atoms with Crippen LogP contribution in [0.5, 0.6) is 5.75 Å². The number of likely N-dealkylation sites (N-methyl/N-ethyl adjacent to an activating group) is 1. The second-order valence-corrected chi connectivity index (χ2v) is 10.2. The van der Waals surface area contributed by atoms with E-state index in [2.05, 4.69) is 16.8 Å². The minimum absolute atomic E-state index is 0.111. The molecule has 3 atom stereocenters. The summed E-state index contributed by atoms with van der Waals surface area (Å²) < 4.78 is 12.0. The number of aliphatic hydroxyl groups excluding tert-OH is 1. The predicted molar refractivity (Wildman–Crippen MR) is 126 cm³/mol. The second kappa shape index (κ2) is 9.66. The molecule has 8 heteroatoms. The number of carbonyl (C=O) groups is 2. The third kappa shape index (κ3) is 4.45. The maximum Gasteiger partial charge on any atom is 0.388 e. The van der Waals surface area contributed by atoms with Crippen molar-refractivity contribution in [1.29, 1.82) is 0 Å². The van der Waals surface area contributed by atoms with Gasteiger partial charge in [-0.1, -0.05) is 6.92 Å². The van der Waals surface area contributed by atoms with Crippen LogP contribution in [0.4, 0.5) is 0 Å². The smallest absolute Gasteiger partial charge is 0.388 e. The highest BCUT2D eigenvalue weighted by atomic mass is 16.5. The topological polar surface area (TPSA) is 93.3 Å².